The van der Waals surface area contributed by atoms with Crippen molar-refractivity contribution in [3.8, 4) is 6.07 Å². The molecule has 0 saturated heterocycles. The molecule has 0 radical (unpaired) electrons. The van der Waals surface area contributed by atoms with Crippen molar-refractivity contribution >= 4 is 29.0 Å². The van der Waals surface area contributed by atoms with Crippen LogP contribution < -0.4 is 10.6 Å². The van der Waals surface area contributed by atoms with E-state index in [-0.39, 0.29) is 34.1 Å². The van der Waals surface area contributed by atoms with E-state index in [1.54, 1.807) is 11.4 Å². The van der Waals surface area contributed by atoms with Crippen molar-refractivity contribution in [2.45, 2.75) is 44.8 Å². The molecule has 2 atom stereocenters. The zero-order valence-corrected chi connectivity index (χ0v) is 17.3. The van der Waals surface area contributed by atoms with E-state index in [2.05, 4.69) is 5.32 Å². The van der Waals surface area contributed by atoms with Crippen LogP contribution in [0.25, 0.3) is 0 Å². The molecule has 12 heteroatoms. The van der Waals surface area contributed by atoms with Crippen LogP contribution in [0, 0.1) is 17.1 Å². The summed E-state index contributed by atoms with van der Waals surface area (Å²) in [5, 5.41) is 22.9. The summed E-state index contributed by atoms with van der Waals surface area (Å²) in [5.41, 5.74) is -0.160. The Morgan fingerprint density at radius 2 is 2.03 bits per heavy atom. The van der Waals surface area contributed by atoms with Gasteiger partial charge in [0, 0.05) is 17.9 Å². The monoisotopic (exact) mass is 472 g/mol. The van der Waals surface area contributed by atoms with Crippen molar-refractivity contribution in [1.82, 2.24) is 9.88 Å². The van der Waals surface area contributed by atoms with Gasteiger partial charge in [0.2, 0.25) is 5.78 Å². The van der Waals surface area contributed by atoms with Crippen molar-refractivity contribution in [3.05, 3.63) is 51.6 Å². The number of aliphatic hydroxyl groups is 1. The minimum absolute atomic E-state index is 0.0774. The third-order valence-electron chi connectivity index (χ3n) is 5.06. The van der Waals surface area contributed by atoms with E-state index in [0.29, 0.717) is 18.5 Å². The molecule has 0 spiro atoms. The fourth-order valence-electron chi connectivity index (χ4n) is 3.44. The number of aliphatic hydroxyl groups excluding tert-OH is 1. The molecule has 3 rings (SSSR count). The quantitative estimate of drug-likeness (QED) is 0.339. The SMILES string of the molecule is C[C@@H](NC(O)C(=O)c1c(Cl)c(C(=O)Nc2ccc(F)c(C#N)c2)c2n1CCC2)C(F)(F)F. The van der Waals surface area contributed by atoms with E-state index in [0.717, 1.165) is 19.1 Å². The lowest BCUT2D eigenvalue weighted by Crippen LogP contribution is -2.49. The second kappa shape index (κ2) is 8.90. The largest absolute Gasteiger partial charge is 0.403 e. The van der Waals surface area contributed by atoms with Gasteiger partial charge in [-0.25, -0.2) is 4.39 Å². The number of ketones is 1. The number of hydrogen-bond donors (Lipinski definition) is 3. The van der Waals surface area contributed by atoms with Gasteiger partial charge >= 0.3 is 6.18 Å². The first kappa shape index (κ1) is 23.7. The summed E-state index contributed by atoms with van der Waals surface area (Å²) in [6.45, 7) is 1.03. The van der Waals surface area contributed by atoms with Gasteiger partial charge in [-0.3, -0.25) is 14.9 Å². The maximum absolute atomic E-state index is 13.5. The van der Waals surface area contributed by atoms with Crippen molar-refractivity contribution in [2.75, 3.05) is 5.32 Å². The lowest BCUT2D eigenvalue weighted by atomic mass is 10.1. The normalized spacial score (nSPS) is 15.1. The van der Waals surface area contributed by atoms with E-state index in [9.17, 15) is 32.3 Å². The summed E-state index contributed by atoms with van der Waals surface area (Å²) in [6.07, 6.45) is -5.97. The molecule has 0 aliphatic carbocycles. The summed E-state index contributed by atoms with van der Waals surface area (Å²) in [6, 6.07) is 2.83. The second-order valence-corrected chi connectivity index (χ2v) is 7.57. The summed E-state index contributed by atoms with van der Waals surface area (Å²) in [7, 11) is 0. The summed E-state index contributed by atoms with van der Waals surface area (Å²) >= 11 is 6.28. The van der Waals surface area contributed by atoms with Crippen LogP contribution >= 0.6 is 11.6 Å². The average Bonchev–Trinajstić information content (AvgIpc) is 3.27. The molecule has 1 aromatic carbocycles. The van der Waals surface area contributed by atoms with Crippen LogP contribution in [0.3, 0.4) is 0 Å². The number of benzene rings is 1. The third-order valence-corrected chi connectivity index (χ3v) is 5.43. The summed E-state index contributed by atoms with van der Waals surface area (Å²) in [5.74, 6) is -2.63. The fourth-order valence-corrected chi connectivity index (χ4v) is 3.83. The van der Waals surface area contributed by atoms with E-state index in [1.807, 2.05) is 0 Å². The Hall–Kier alpha value is -2.94. The van der Waals surface area contributed by atoms with E-state index in [4.69, 9.17) is 16.9 Å². The summed E-state index contributed by atoms with van der Waals surface area (Å²) < 4.78 is 53.2. The molecule has 170 valence electrons. The van der Waals surface area contributed by atoms with Gasteiger partial charge in [-0.05, 0) is 38.0 Å². The number of carbonyl (C=O) groups excluding carboxylic acids is 2. The number of hydrogen-bond acceptors (Lipinski definition) is 5. The molecular weight excluding hydrogens is 456 g/mol. The minimum Gasteiger partial charge on any atom is -0.371 e. The Labute approximate surface area is 184 Å². The van der Waals surface area contributed by atoms with Crippen molar-refractivity contribution in [3.63, 3.8) is 0 Å². The molecule has 0 fully saturated rings. The molecular formula is C20H17ClF4N4O3. The van der Waals surface area contributed by atoms with Crippen molar-refractivity contribution in [2.24, 2.45) is 0 Å². The van der Waals surface area contributed by atoms with Crippen LogP contribution in [0.4, 0.5) is 23.2 Å². The second-order valence-electron chi connectivity index (χ2n) is 7.20. The predicted octanol–water partition coefficient (Wildman–Crippen LogP) is 3.39. The Balaban J connectivity index is 1.91. The molecule has 7 nitrogen and oxygen atoms in total. The molecule has 1 aliphatic rings. The number of alkyl halides is 3. The third kappa shape index (κ3) is 4.48. The highest BCUT2D eigenvalue weighted by molar-refractivity contribution is 6.38. The number of carbonyl (C=O) groups is 2. The van der Waals surface area contributed by atoms with Gasteiger partial charge < -0.3 is 15.0 Å². The van der Waals surface area contributed by atoms with Gasteiger partial charge in [0.1, 0.15) is 23.6 Å². The highest BCUT2D eigenvalue weighted by Crippen LogP contribution is 2.34. The molecule has 0 bridgehead atoms. The minimum atomic E-state index is -4.69. The lowest BCUT2D eigenvalue weighted by Gasteiger charge is -2.21. The standard InChI is InChI=1S/C20H17ClF4N4O3/c1-9(20(23,24)25)27-19(32)17(30)16-15(21)14(13-3-2-6-29(13)16)18(31)28-11-4-5-12(22)10(7-11)8-26/h4-5,7,9,19,27,32H,2-3,6H2,1H3,(H,28,31)/t9-,19?/m1/s1. The van der Waals surface area contributed by atoms with Gasteiger partial charge in [-0.2, -0.15) is 18.4 Å². The summed E-state index contributed by atoms with van der Waals surface area (Å²) in [4.78, 5) is 25.6. The Morgan fingerprint density at radius 3 is 2.66 bits per heavy atom. The first-order valence-corrected chi connectivity index (χ1v) is 9.80. The number of rotatable bonds is 6. The van der Waals surface area contributed by atoms with Crippen LogP contribution in [0.15, 0.2) is 18.2 Å². The fraction of sp³-hybridized carbons (Fsp3) is 0.350. The van der Waals surface area contributed by atoms with Crippen LogP contribution in [0.5, 0.6) is 0 Å². The topological polar surface area (TPSA) is 107 Å². The van der Waals surface area contributed by atoms with Gasteiger partial charge in [0.25, 0.3) is 5.91 Å². The molecule has 3 N–H and O–H groups in total. The maximum Gasteiger partial charge on any atom is 0.403 e. The number of nitrogens with one attached hydrogen (secondary N) is 2. The number of anilines is 1. The van der Waals surface area contributed by atoms with Gasteiger partial charge in [0.15, 0.2) is 6.23 Å². The molecule has 2 aromatic rings. The number of aromatic nitrogens is 1. The van der Waals surface area contributed by atoms with E-state index >= 15 is 0 Å². The highest BCUT2D eigenvalue weighted by Gasteiger charge is 2.40. The maximum atomic E-state index is 13.5. The first-order chi connectivity index (χ1) is 15.0. The molecule has 0 saturated carbocycles. The molecule has 1 aliphatic heterocycles. The first-order valence-electron chi connectivity index (χ1n) is 9.42. The van der Waals surface area contributed by atoms with Gasteiger partial charge in [-0.1, -0.05) is 11.6 Å². The van der Waals surface area contributed by atoms with E-state index in [1.165, 1.54) is 10.6 Å². The predicted molar refractivity (Wildman–Crippen MR) is 106 cm³/mol. The molecule has 32 heavy (non-hydrogen) atoms. The number of fused-ring (bicyclic) bond motifs is 1. The molecule has 1 aromatic heterocycles. The van der Waals surface area contributed by atoms with Crippen molar-refractivity contribution in [1.29, 1.82) is 5.26 Å². The van der Waals surface area contributed by atoms with Gasteiger partial charge in [0.05, 0.1) is 16.1 Å². The average molecular weight is 473 g/mol. The Kier molecular flexibility index (Phi) is 6.59. The Morgan fingerprint density at radius 1 is 1.34 bits per heavy atom. The number of Topliss-reactive ketones (excluding diaryl/α,β-unsaturated/α-hetero) is 1. The van der Waals surface area contributed by atoms with Crippen LogP contribution in [-0.4, -0.2) is 39.8 Å². The van der Waals surface area contributed by atoms with Crippen LogP contribution in [-0.2, 0) is 13.0 Å². The number of nitrogens with zero attached hydrogens (tertiary/aromatic N) is 2. The zero-order valence-electron chi connectivity index (χ0n) is 16.6. The van der Waals surface area contributed by atoms with Crippen LogP contribution in [0.1, 0.15) is 45.4 Å². The molecule has 1 amide bonds. The number of nitriles is 1. The lowest BCUT2D eigenvalue weighted by molar-refractivity contribution is -0.156. The van der Waals surface area contributed by atoms with Crippen LogP contribution in [0.2, 0.25) is 5.02 Å². The molecule has 2 heterocycles. The van der Waals surface area contributed by atoms with Gasteiger partial charge in [-0.15, -0.1) is 0 Å². The number of halogens is 5. The van der Waals surface area contributed by atoms with E-state index < -0.39 is 36.0 Å². The number of amides is 1. The van der Waals surface area contributed by atoms with Crippen molar-refractivity contribution < 1.29 is 32.3 Å². The zero-order chi connectivity index (χ0) is 23.8. The molecule has 1 unspecified atom stereocenters. The highest BCUT2D eigenvalue weighted by atomic mass is 35.5. The smallest absolute Gasteiger partial charge is 0.371 e. The Bertz CT molecular complexity index is 1120.